The van der Waals surface area contributed by atoms with Crippen LogP contribution in [-0.4, -0.2) is 18.9 Å². The number of rotatable bonds is 3. The summed E-state index contributed by atoms with van der Waals surface area (Å²) in [6.07, 6.45) is -16.6. The lowest BCUT2D eigenvalue weighted by Gasteiger charge is -2.18. The third-order valence-electron chi connectivity index (χ3n) is 0.528. The number of hydrogen-bond donors (Lipinski definition) is 1. The third kappa shape index (κ3) is 7.94. The van der Waals surface area contributed by atoms with E-state index < -0.39 is 24.2 Å². The molecule has 3 nitrogen and oxygen atoms in total. The second kappa shape index (κ2) is 3.82. The van der Waals surface area contributed by atoms with E-state index in [2.05, 4.69) is 4.89 Å². The highest BCUT2D eigenvalue weighted by Crippen LogP contribution is 2.25. The van der Waals surface area contributed by atoms with Crippen molar-refractivity contribution in [1.82, 2.24) is 5.32 Å². The van der Waals surface area contributed by atoms with Gasteiger partial charge in [-0.2, -0.15) is 22.0 Å². The summed E-state index contributed by atoms with van der Waals surface area (Å²) in [5.74, 6) is 0. The summed E-state index contributed by atoms with van der Waals surface area (Å²) in [7, 11) is 0. The zero-order valence-electron chi connectivity index (χ0n) is 5.84. The van der Waals surface area contributed by atoms with Gasteiger partial charge in [-0.25, -0.2) is 0 Å². The van der Waals surface area contributed by atoms with Crippen LogP contribution in [0.25, 0.3) is 0 Å². The maximum absolute atomic E-state index is 11.8. The minimum atomic E-state index is -5.63. The van der Waals surface area contributed by atoms with E-state index in [0.717, 1.165) is 0 Å². The highest BCUT2D eigenvalue weighted by Gasteiger charge is 2.47. The van der Waals surface area contributed by atoms with E-state index in [-0.39, 0.29) is 0 Å². The fraction of sp³-hybridized carbons (Fsp3) is 1.00. The lowest BCUT2D eigenvalue weighted by molar-refractivity contribution is -0.560. The molecule has 0 atom stereocenters. The zero-order chi connectivity index (χ0) is 11.6. The van der Waals surface area contributed by atoms with Crippen molar-refractivity contribution in [2.24, 2.45) is 0 Å². The largest absolute Gasteiger partial charge is 0.549 e. The number of alkyl halides is 8. The van der Waals surface area contributed by atoms with Gasteiger partial charge in [0.05, 0.1) is 0 Å². The molecule has 0 rings (SSSR count). The molecule has 0 aliphatic rings. The van der Waals surface area contributed by atoms with Crippen LogP contribution in [0.4, 0.5) is 35.1 Å². The first kappa shape index (κ1) is 13.3. The Balaban J connectivity index is 4.09. The van der Waals surface area contributed by atoms with Crippen molar-refractivity contribution >= 4 is 0 Å². The summed E-state index contributed by atoms with van der Waals surface area (Å²) in [5, 5.41) is -0.513. The van der Waals surface area contributed by atoms with E-state index in [9.17, 15) is 35.1 Å². The first-order valence-electron chi connectivity index (χ1n) is 2.59. The van der Waals surface area contributed by atoms with Crippen molar-refractivity contribution in [3.63, 3.8) is 0 Å². The molecule has 0 amide bonds. The minimum Gasteiger partial charge on any atom is -0.157 e. The number of nitrogens with one attached hydrogen (secondary N) is 1. The molecule has 0 aliphatic carbocycles. The Morgan fingerprint density at radius 3 is 1.43 bits per heavy atom. The SMILES string of the molecule is FC(F)(F)NC(F)(F)OOC(F)(F)F. The first-order valence-corrected chi connectivity index (χ1v) is 2.59. The first-order chi connectivity index (χ1) is 5.91. The molecule has 0 unspecified atom stereocenters. The maximum Gasteiger partial charge on any atom is 0.549 e. The van der Waals surface area contributed by atoms with Crippen molar-refractivity contribution in [2.45, 2.75) is 18.9 Å². The fourth-order valence-electron chi connectivity index (χ4n) is 0.285. The molecule has 0 saturated heterocycles. The van der Waals surface area contributed by atoms with Gasteiger partial charge < -0.3 is 0 Å². The van der Waals surface area contributed by atoms with Gasteiger partial charge in [0.2, 0.25) is 0 Å². The predicted octanol–water partition coefficient (Wildman–Crippen LogP) is 2.11. The molecule has 0 aromatic carbocycles. The Morgan fingerprint density at radius 2 is 1.14 bits per heavy atom. The topological polar surface area (TPSA) is 30.5 Å². The van der Waals surface area contributed by atoms with Crippen molar-refractivity contribution in [2.75, 3.05) is 0 Å². The molecule has 1 N–H and O–H groups in total. The van der Waals surface area contributed by atoms with E-state index in [4.69, 9.17) is 0 Å². The Hall–Kier alpha value is -0.680. The molecule has 0 aliphatic heterocycles. The van der Waals surface area contributed by atoms with E-state index >= 15 is 0 Å². The van der Waals surface area contributed by atoms with Crippen LogP contribution in [0.3, 0.4) is 0 Å². The molecule has 14 heavy (non-hydrogen) atoms. The molecule has 0 saturated carbocycles. The summed E-state index contributed by atoms with van der Waals surface area (Å²) >= 11 is 0. The standard InChI is InChI=1S/C3HF8NO2/c4-1(5,6)12-3(10,11)14-13-2(7,8)9/h12H. The van der Waals surface area contributed by atoms with Crippen LogP contribution < -0.4 is 5.32 Å². The van der Waals surface area contributed by atoms with Gasteiger partial charge in [0.15, 0.2) is 0 Å². The lowest BCUT2D eigenvalue weighted by atomic mass is 10.9. The van der Waals surface area contributed by atoms with Gasteiger partial charge >= 0.3 is 18.9 Å². The molecule has 0 radical (unpaired) electrons. The van der Waals surface area contributed by atoms with Gasteiger partial charge in [0, 0.05) is 0 Å². The monoisotopic (exact) mass is 235 g/mol. The summed E-state index contributed by atoms with van der Waals surface area (Å²) in [6.45, 7) is 0. The van der Waals surface area contributed by atoms with Gasteiger partial charge in [0.25, 0.3) is 0 Å². The van der Waals surface area contributed by atoms with Crippen molar-refractivity contribution < 1.29 is 44.9 Å². The Labute approximate surface area is 70.5 Å². The Morgan fingerprint density at radius 1 is 0.714 bits per heavy atom. The van der Waals surface area contributed by atoms with E-state index in [1.165, 1.54) is 0 Å². The van der Waals surface area contributed by atoms with Crippen LogP contribution in [0.5, 0.6) is 0 Å². The molecular formula is C3HF8NO2. The number of halogens is 8. The van der Waals surface area contributed by atoms with Crippen LogP contribution in [0.15, 0.2) is 0 Å². The second-order valence-corrected chi connectivity index (χ2v) is 1.75. The van der Waals surface area contributed by atoms with Crippen LogP contribution in [0.1, 0.15) is 0 Å². The van der Waals surface area contributed by atoms with Gasteiger partial charge in [-0.1, -0.05) is 0 Å². The van der Waals surface area contributed by atoms with E-state index in [1.807, 2.05) is 4.89 Å². The number of hydrogen-bond acceptors (Lipinski definition) is 3. The maximum atomic E-state index is 11.8. The summed E-state index contributed by atoms with van der Waals surface area (Å²) in [6, 6.07) is 0. The van der Waals surface area contributed by atoms with Gasteiger partial charge in [-0.05, 0) is 0 Å². The van der Waals surface area contributed by atoms with Gasteiger partial charge in [0.1, 0.15) is 0 Å². The van der Waals surface area contributed by atoms with Crippen LogP contribution in [0.2, 0.25) is 0 Å². The van der Waals surface area contributed by atoms with E-state index in [1.54, 1.807) is 0 Å². The second-order valence-electron chi connectivity index (χ2n) is 1.75. The van der Waals surface area contributed by atoms with Gasteiger partial charge in [-0.3, -0.25) is 0 Å². The third-order valence-corrected chi connectivity index (χ3v) is 0.528. The lowest BCUT2D eigenvalue weighted by Crippen LogP contribution is -2.48. The minimum absolute atomic E-state index is 0.513. The highest BCUT2D eigenvalue weighted by molar-refractivity contribution is 4.50. The average molecular weight is 235 g/mol. The zero-order valence-corrected chi connectivity index (χ0v) is 5.84. The van der Waals surface area contributed by atoms with Crippen molar-refractivity contribution in [3.05, 3.63) is 0 Å². The van der Waals surface area contributed by atoms with Crippen LogP contribution >= 0.6 is 0 Å². The Bertz CT molecular complexity index is 184. The normalized spacial score (nSPS) is 14.6. The van der Waals surface area contributed by atoms with E-state index in [0.29, 0.717) is 0 Å². The molecule has 11 heteroatoms. The average Bonchev–Trinajstić information content (AvgIpc) is 1.76. The highest BCUT2D eigenvalue weighted by atomic mass is 19.4. The quantitative estimate of drug-likeness (QED) is 0.267. The molecule has 0 fully saturated rings. The Kier molecular flexibility index (Phi) is 3.64. The summed E-state index contributed by atoms with van der Waals surface area (Å²) < 4.78 is 90.1. The van der Waals surface area contributed by atoms with Crippen molar-refractivity contribution in [3.8, 4) is 0 Å². The molecular weight excluding hydrogens is 234 g/mol. The summed E-state index contributed by atoms with van der Waals surface area (Å²) in [5.41, 5.74) is 0. The smallest absolute Gasteiger partial charge is 0.157 e. The molecule has 0 heterocycles. The fourth-order valence-corrected chi connectivity index (χ4v) is 0.285. The van der Waals surface area contributed by atoms with Crippen LogP contribution in [-0.2, 0) is 9.78 Å². The predicted molar refractivity (Wildman–Crippen MR) is 22.4 cm³/mol. The summed E-state index contributed by atoms with van der Waals surface area (Å²) in [4.78, 5) is 4.21. The van der Waals surface area contributed by atoms with Crippen LogP contribution in [0, 0.1) is 0 Å². The molecule has 0 aromatic heterocycles. The molecule has 0 spiro atoms. The van der Waals surface area contributed by atoms with Gasteiger partial charge in [-0.15, -0.1) is 28.3 Å². The van der Waals surface area contributed by atoms with Crippen molar-refractivity contribution in [1.29, 1.82) is 0 Å². The molecule has 0 aromatic rings. The molecule has 86 valence electrons. The molecule has 0 bridgehead atoms.